The number of alkyl halides is 3. The van der Waals surface area contributed by atoms with Gasteiger partial charge >= 0.3 is 6.18 Å². The van der Waals surface area contributed by atoms with Gasteiger partial charge in [0.25, 0.3) is 0 Å². The minimum Gasteiger partial charge on any atom is -0.352 e. The van der Waals surface area contributed by atoms with Crippen molar-refractivity contribution in [1.29, 1.82) is 0 Å². The van der Waals surface area contributed by atoms with Crippen molar-refractivity contribution in [3.05, 3.63) is 62.6 Å². The molecule has 1 saturated carbocycles. The fraction of sp³-hybridized carbons (Fsp3) is 0.462. The molecule has 220 valence electrons. The number of nitrogens with zero attached hydrogens (tertiary/aromatic N) is 2. The fourth-order valence-electron chi connectivity index (χ4n) is 4.49. The Morgan fingerprint density at radius 3 is 2.20 bits per heavy atom. The molecule has 0 bridgehead atoms. The van der Waals surface area contributed by atoms with Crippen LogP contribution in [-0.2, 0) is 32.3 Å². The Morgan fingerprint density at radius 1 is 1.00 bits per heavy atom. The Bertz CT molecular complexity index is 1350. The molecule has 1 N–H and O–H groups in total. The summed E-state index contributed by atoms with van der Waals surface area (Å²) < 4.78 is 66.3. The third-order valence-electron chi connectivity index (χ3n) is 6.68. The summed E-state index contributed by atoms with van der Waals surface area (Å²) in [6.45, 7) is 0.504. The van der Waals surface area contributed by atoms with Gasteiger partial charge in [0, 0.05) is 12.6 Å². The standard InChI is InChI=1S/C26H29Cl3F3N3O4S/c1-16(25(37)33-18-6-4-3-5-7-18)34(14-17-8-10-22(28)23(29)12-17)24(36)15-35(40(2,38)39)19-9-11-21(27)20(13-19)26(30,31)32/h8-13,16,18H,3-7,14-15H2,1-2H3,(H,33,37)/t16-/m1/s1. The largest absolute Gasteiger partial charge is 0.417 e. The molecule has 2 amide bonds. The van der Waals surface area contributed by atoms with Crippen molar-refractivity contribution in [2.45, 2.75) is 63.8 Å². The van der Waals surface area contributed by atoms with Crippen LogP contribution in [0.2, 0.25) is 15.1 Å². The molecular formula is C26H29Cl3F3N3O4S. The van der Waals surface area contributed by atoms with E-state index < -0.39 is 56.9 Å². The van der Waals surface area contributed by atoms with E-state index in [1.807, 2.05) is 0 Å². The maximum absolute atomic E-state index is 13.6. The van der Waals surface area contributed by atoms with Gasteiger partial charge in [-0.15, -0.1) is 0 Å². The van der Waals surface area contributed by atoms with Crippen molar-refractivity contribution in [3.63, 3.8) is 0 Å². The molecule has 1 aliphatic carbocycles. The van der Waals surface area contributed by atoms with Crippen molar-refractivity contribution in [2.75, 3.05) is 17.1 Å². The highest BCUT2D eigenvalue weighted by Gasteiger charge is 2.36. The van der Waals surface area contributed by atoms with Gasteiger partial charge in [-0.3, -0.25) is 13.9 Å². The molecule has 40 heavy (non-hydrogen) atoms. The highest BCUT2D eigenvalue weighted by Crippen LogP contribution is 2.37. The molecule has 0 aliphatic heterocycles. The van der Waals surface area contributed by atoms with Crippen LogP contribution in [0.25, 0.3) is 0 Å². The van der Waals surface area contributed by atoms with Crippen LogP contribution in [0.15, 0.2) is 36.4 Å². The first-order chi connectivity index (χ1) is 18.6. The van der Waals surface area contributed by atoms with Gasteiger partial charge < -0.3 is 10.2 Å². The van der Waals surface area contributed by atoms with E-state index >= 15 is 0 Å². The van der Waals surface area contributed by atoms with E-state index in [4.69, 9.17) is 34.8 Å². The second kappa shape index (κ2) is 13.2. The van der Waals surface area contributed by atoms with Gasteiger partial charge in [0.05, 0.1) is 32.6 Å². The van der Waals surface area contributed by atoms with Gasteiger partial charge in [-0.05, 0) is 55.7 Å². The average molecular weight is 643 g/mol. The van der Waals surface area contributed by atoms with Crippen LogP contribution in [-0.4, -0.2) is 50.0 Å². The Balaban J connectivity index is 1.95. The minimum absolute atomic E-state index is 0.0481. The van der Waals surface area contributed by atoms with Crippen molar-refractivity contribution in [2.24, 2.45) is 0 Å². The zero-order chi connectivity index (χ0) is 29.8. The zero-order valence-electron chi connectivity index (χ0n) is 21.8. The first-order valence-electron chi connectivity index (χ1n) is 12.5. The number of carbonyl (C=O) groups excluding carboxylic acids is 2. The normalized spacial score (nSPS) is 15.4. The summed E-state index contributed by atoms with van der Waals surface area (Å²) in [6, 6.07) is 6.10. The lowest BCUT2D eigenvalue weighted by Crippen LogP contribution is -2.53. The molecular weight excluding hydrogens is 614 g/mol. The lowest BCUT2D eigenvalue weighted by Gasteiger charge is -2.33. The van der Waals surface area contributed by atoms with Gasteiger partial charge in [0.1, 0.15) is 12.6 Å². The van der Waals surface area contributed by atoms with E-state index in [1.54, 1.807) is 6.07 Å². The van der Waals surface area contributed by atoms with Crippen molar-refractivity contribution in [1.82, 2.24) is 10.2 Å². The topological polar surface area (TPSA) is 86.8 Å². The number of sulfonamides is 1. The molecule has 2 aromatic rings. The average Bonchev–Trinajstić information content (AvgIpc) is 2.87. The summed E-state index contributed by atoms with van der Waals surface area (Å²) in [5.74, 6) is -1.25. The summed E-state index contributed by atoms with van der Waals surface area (Å²) in [5, 5.41) is 2.82. The van der Waals surface area contributed by atoms with Gasteiger partial charge in [0.15, 0.2) is 0 Å². The molecule has 7 nitrogen and oxygen atoms in total. The molecule has 1 atom stereocenters. The maximum atomic E-state index is 13.6. The van der Waals surface area contributed by atoms with Crippen LogP contribution in [0.4, 0.5) is 18.9 Å². The summed E-state index contributed by atoms with van der Waals surface area (Å²) in [6.07, 6.45) is 0.534. The molecule has 3 rings (SSSR count). The van der Waals surface area contributed by atoms with Crippen LogP contribution in [0, 0.1) is 0 Å². The van der Waals surface area contributed by atoms with Crippen LogP contribution in [0.3, 0.4) is 0 Å². The third-order valence-corrected chi connectivity index (χ3v) is 8.89. The smallest absolute Gasteiger partial charge is 0.352 e. The number of amides is 2. The van der Waals surface area contributed by atoms with Gasteiger partial charge in [-0.25, -0.2) is 8.42 Å². The zero-order valence-corrected chi connectivity index (χ0v) is 24.9. The lowest BCUT2D eigenvalue weighted by atomic mass is 9.95. The monoisotopic (exact) mass is 641 g/mol. The van der Waals surface area contributed by atoms with E-state index in [-0.39, 0.29) is 22.6 Å². The highest BCUT2D eigenvalue weighted by molar-refractivity contribution is 7.92. The highest BCUT2D eigenvalue weighted by atomic mass is 35.5. The van der Waals surface area contributed by atoms with Gasteiger partial charge in [-0.2, -0.15) is 13.2 Å². The van der Waals surface area contributed by atoms with Crippen molar-refractivity contribution < 1.29 is 31.2 Å². The third kappa shape index (κ3) is 8.41. The molecule has 0 spiro atoms. The van der Waals surface area contributed by atoms with Crippen LogP contribution in [0.5, 0.6) is 0 Å². The summed E-state index contributed by atoms with van der Waals surface area (Å²) in [7, 11) is -4.24. The van der Waals surface area contributed by atoms with Crippen LogP contribution >= 0.6 is 34.8 Å². The molecule has 1 aliphatic rings. The summed E-state index contributed by atoms with van der Waals surface area (Å²) in [5.41, 5.74) is -1.14. The molecule has 0 unspecified atom stereocenters. The Hall–Kier alpha value is -2.21. The molecule has 1 fully saturated rings. The second-order valence-electron chi connectivity index (χ2n) is 9.72. The van der Waals surface area contributed by atoms with E-state index in [0.717, 1.165) is 55.4 Å². The van der Waals surface area contributed by atoms with Crippen molar-refractivity contribution in [3.8, 4) is 0 Å². The fourth-order valence-corrected chi connectivity index (χ4v) is 5.87. The lowest BCUT2D eigenvalue weighted by molar-refractivity contribution is -0.139. The van der Waals surface area contributed by atoms with Gasteiger partial charge in [-0.1, -0.05) is 60.1 Å². The first-order valence-corrected chi connectivity index (χ1v) is 15.4. The van der Waals surface area contributed by atoms with E-state index in [9.17, 15) is 31.2 Å². The number of hydrogen-bond donors (Lipinski definition) is 1. The Morgan fingerprint density at radius 2 is 1.62 bits per heavy atom. The number of halogens is 6. The number of anilines is 1. The second-order valence-corrected chi connectivity index (χ2v) is 12.8. The summed E-state index contributed by atoms with van der Waals surface area (Å²) >= 11 is 17.8. The molecule has 0 aromatic heterocycles. The molecule has 0 saturated heterocycles. The quantitative estimate of drug-likeness (QED) is 0.348. The molecule has 2 aromatic carbocycles. The Labute approximate surface area is 246 Å². The number of rotatable bonds is 9. The molecule has 0 heterocycles. The van der Waals surface area contributed by atoms with Crippen molar-refractivity contribution >= 4 is 62.3 Å². The number of hydrogen-bond acceptors (Lipinski definition) is 4. The number of benzene rings is 2. The van der Waals surface area contributed by atoms with E-state index in [2.05, 4.69) is 5.32 Å². The van der Waals surface area contributed by atoms with Crippen LogP contribution in [0.1, 0.15) is 50.2 Å². The predicted molar refractivity (Wildman–Crippen MR) is 150 cm³/mol. The number of carbonyl (C=O) groups is 2. The van der Waals surface area contributed by atoms with Crippen LogP contribution < -0.4 is 9.62 Å². The van der Waals surface area contributed by atoms with E-state index in [1.165, 1.54) is 19.1 Å². The SMILES string of the molecule is C[C@H](C(=O)NC1CCCCC1)N(Cc1ccc(Cl)c(Cl)c1)C(=O)CN(c1ccc(Cl)c(C(F)(F)F)c1)S(C)(=O)=O. The first kappa shape index (κ1) is 32.3. The summed E-state index contributed by atoms with van der Waals surface area (Å²) in [4.78, 5) is 28.0. The Kier molecular flexibility index (Phi) is 10.6. The van der Waals surface area contributed by atoms with Gasteiger partial charge in [0.2, 0.25) is 21.8 Å². The molecule has 14 heteroatoms. The molecule has 0 radical (unpaired) electrons. The predicted octanol–water partition coefficient (Wildman–Crippen LogP) is 6.30. The number of nitrogens with one attached hydrogen (secondary N) is 1. The minimum atomic E-state index is -4.86. The van der Waals surface area contributed by atoms with E-state index in [0.29, 0.717) is 15.9 Å². The maximum Gasteiger partial charge on any atom is 0.417 e.